The first kappa shape index (κ1) is 12.1. The molecular weight excluding hydrogens is 254 g/mol. The van der Waals surface area contributed by atoms with Gasteiger partial charge in [-0.2, -0.15) is 0 Å². The first-order chi connectivity index (χ1) is 9.25. The van der Waals surface area contributed by atoms with Crippen LogP contribution in [0.3, 0.4) is 0 Å². The third kappa shape index (κ3) is 2.31. The Hall–Kier alpha value is -1.94. The molecule has 0 unspecified atom stereocenters. The first-order valence-electron chi connectivity index (χ1n) is 6.19. The van der Waals surface area contributed by atoms with E-state index in [0.717, 1.165) is 17.2 Å². The molecule has 3 rings (SSSR count). The van der Waals surface area contributed by atoms with Crippen LogP contribution in [0.5, 0.6) is 0 Å². The van der Waals surface area contributed by atoms with Crippen LogP contribution < -0.4 is 4.90 Å². The Labute approximate surface area is 116 Å². The minimum Gasteiger partial charge on any atom is -0.355 e. The van der Waals surface area contributed by atoms with Gasteiger partial charge in [0.15, 0.2) is 0 Å². The fourth-order valence-corrected chi connectivity index (χ4v) is 3.10. The fraction of sp³-hybridized carbons (Fsp3) is 0.200. The second kappa shape index (κ2) is 4.97. The zero-order chi connectivity index (χ0) is 13.2. The van der Waals surface area contributed by atoms with Crippen LogP contribution >= 0.6 is 11.3 Å². The number of hydrogen-bond donors (Lipinski definition) is 0. The summed E-state index contributed by atoms with van der Waals surface area (Å²) in [6.45, 7) is 2.96. The number of fused-ring (bicyclic) bond motifs is 1. The topological polar surface area (TPSA) is 29.0 Å². The molecule has 0 atom stereocenters. The van der Waals surface area contributed by atoms with Crippen LogP contribution in [-0.2, 0) is 6.54 Å². The summed E-state index contributed by atoms with van der Waals surface area (Å²) in [5, 5.41) is 3.31. The Balaban J connectivity index is 1.98. The second-order valence-electron chi connectivity index (χ2n) is 4.64. The van der Waals surface area contributed by atoms with Crippen LogP contribution in [0, 0.1) is 6.92 Å². The van der Waals surface area contributed by atoms with Crippen LogP contribution in [-0.4, -0.2) is 17.0 Å². The third-order valence-corrected chi connectivity index (χ3v) is 4.16. The normalized spacial score (nSPS) is 10.8. The molecule has 0 aliphatic heterocycles. The van der Waals surface area contributed by atoms with E-state index in [4.69, 9.17) is 0 Å². The van der Waals surface area contributed by atoms with Gasteiger partial charge in [0, 0.05) is 13.6 Å². The van der Waals surface area contributed by atoms with Crippen LogP contribution in [0.25, 0.3) is 10.2 Å². The summed E-state index contributed by atoms with van der Waals surface area (Å²) in [4.78, 5) is 12.0. The molecule has 0 amide bonds. The van der Waals surface area contributed by atoms with Gasteiger partial charge in [0.25, 0.3) is 0 Å². The standard InChI is InChI=1S/C15H15N3S/c1-11-9-19-15-13(11)14(16-10-17-15)18(2)8-12-6-4-3-5-7-12/h3-7,9-10H,8H2,1-2H3. The molecule has 1 aromatic carbocycles. The van der Waals surface area contributed by atoms with Gasteiger partial charge in [-0.3, -0.25) is 0 Å². The van der Waals surface area contributed by atoms with E-state index in [1.54, 1.807) is 17.7 Å². The van der Waals surface area contributed by atoms with Crippen LogP contribution in [0.1, 0.15) is 11.1 Å². The molecule has 19 heavy (non-hydrogen) atoms. The molecule has 2 heterocycles. The predicted molar refractivity (Wildman–Crippen MR) is 80.7 cm³/mol. The Morgan fingerprint density at radius 1 is 1.16 bits per heavy atom. The highest BCUT2D eigenvalue weighted by atomic mass is 32.1. The number of anilines is 1. The lowest BCUT2D eigenvalue weighted by molar-refractivity contribution is 0.900. The summed E-state index contributed by atoms with van der Waals surface area (Å²) in [5.41, 5.74) is 2.53. The fourth-order valence-electron chi connectivity index (χ4n) is 2.22. The summed E-state index contributed by atoms with van der Waals surface area (Å²) in [7, 11) is 2.08. The maximum Gasteiger partial charge on any atom is 0.141 e. The summed E-state index contributed by atoms with van der Waals surface area (Å²) < 4.78 is 0. The molecule has 3 aromatic rings. The average Bonchev–Trinajstić information content (AvgIpc) is 2.82. The molecule has 0 spiro atoms. The number of nitrogens with zero attached hydrogens (tertiary/aromatic N) is 3. The van der Waals surface area contributed by atoms with Gasteiger partial charge in [-0.05, 0) is 23.4 Å². The van der Waals surface area contributed by atoms with Gasteiger partial charge in [-0.25, -0.2) is 9.97 Å². The van der Waals surface area contributed by atoms with Gasteiger partial charge in [-0.15, -0.1) is 11.3 Å². The Morgan fingerprint density at radius 2 is 1.95 bits per heavy atom. The largest absolute Gasteiger partial charge is 0.355 e. The highest BCUT2D eigenvalue weighted by Crippen LogP contribution is 2.30. The number of thiophene rings is 1. The summed E-state index contributed by atoms with van der Waals surface area (Å²) in [5.74, 6) is 1.01. The Kier molecular flexibility index (Phi) is 3.17. The monoisotopic (exact) mass is 269 g/mol. The molecular formula is C15H15N3S. The lowest BCUT2D eigenvalue weighted by Gasteiger charge is -2.19. The van der Waals surface area contributed by atoms with Crippen molar-refractivity contribution in [3.8, 4) is 0 Å². The summed E-state index contributed by atoms with van der Waals surface area (Å²) in [6, 6.07) is 10.4. The number of aromatic nitrogens is 2. The van der Waals surface area contributed by atoms with E-state index in [9.17, 15) is 0 Å². The average molecular weight is 269 g/mol. The molecule has 3 nitrogen and oxygen atoms in total. The van der Waals surface area contributed by atoms with E-state index in [1.165, 1.54) is 16.5 Å². The van der Waals surface area contributed by atoms with Crippen molar-refractivity contribution in [1.82, 2.24) is 9.97 Å². The van der Waals surface area contributed by atoms with Gasteiger partial charge >= 0.3 is 0 Å². The quantitative estimate of drug-likeness (QED) is 0.727. The van der Waals surface area contributed by atoms with Gasteiger partial charge in [0.2, 0.25) is 0 Å². The van der Waals surface area contributed by atoms with Crippen molar-refractivity contribution in [3.63, 3.8) is 0 Å². The van der Waals surface area contributed by atoms with Crippen LogP contribution in [0.15, 0.2) is 42.0 Å². The number of rotatable bonds is 3. The highest BCUT2D eigenvalue weighted by molar-refractivity contribution is 7.17. The van der Waals surface area contributed by atoms with Crippen LogP contribution in [0.2, 0.25) is 0 Å². The van der Waals surface area contributed by atoms with Gasteiger partial charge in [0.05, 0.1) is 5.39 Å². The van der Waals surface area contributed by atoms with Crippen molar-refractivity contribution in [2.45, 2.75) is 13.5 Å². The zero-order valence-electron chi connectivity index (χ0n) is 11.0. The van der Waals surface area contributed by atoms with Crippen molar-refractivity contribution in [1.29, 1.82) is 0 Å². The summed E-state index contributed by atoms with van der Waals surface area (Å²) >= 11 is 1.67. The van der Waals surface area contributed by atoms with E-state index in [1.807, 2.05) is 6.07 Å². The van der Waals surface area contributed by atoms with E-state index in [0.29, 0.717) is 0 Å². The molecule has 0 bridgehead atoms. The lowest BCUT2D eigenvalue weighted by Crippen LogP contribution is -2.18. The number of aryl methyl sites for hydroxylation is 1. The molecule has 96 valence electrons. The molecule has 0 saturated carbocycles. The second-order valence-corrected chi connectivity index (χ2v) is 5.50. The SMILES string of the molecule is Cc1csc2ncnc(N(C)Cc3ccccc3)c12. The van der Waals surface area contributed by atoms with E-state index < -0.39 is 0 Å². The van der Waals surface area contributed by atoms with Crippen molar-refractivity contribution < 1.29 is 0 Å². The summed E-state index contributed by atoms with van der Waals surface area (Å²) in [6.07, 6.45) is 1.65. The minimum absolute atomic E-state index is 0.849. The van der Waals surface area contributed by atoms with Crippen molar-refractivity contribution in [2.24, 2.45) is 0 Å². The zero-order valence-corrected chi connectivity index (χ0v) is 11.8. The lowest BCUT2D eigenvalue weighted by atomic mass is 10.2. The molecule has 0 N–H and O–H groups in total. The van der Waals surface area contributed by atoms with Gasteiger partial charge in [-0.1, -0.05) is 30.3 Å². The Morgan fingerprint density at radius 3 is 2.74 bits per heavy atom. The van der Waals surface area contributed by atoms with Crippen LogP contribution in [0.4, 0.5) is 5.82 Å². The maximum absolute atomic E-state index is 4.46. The molecule has 0 fully saturated rings. The molecule has 0 saturated heterocycles. The Bertz CT molecular complexity index is 691. The molecule has 0 radical (unpaired) electrons. The first-order valence-corrected chi connectivity index (χ1v) is 7.07. The van der Waals surface area contributed by atoms with Crippen molar-refractivity contribution >= 4 is 27.4 Å². The van der Waals surface area contributed by atoms with Gasteiger partial charge < -0.3 is 4.90 Å². The molecule has 0 aliphatic rings. The van der Waals surface area contributed by atoms with E-state index in [-0.39, 0.29) is 0 Å². The maximum atomic E-state index is 4.46. The number of benzene rings is 1. The smallest absolute Gasteiger partial charge is 0.141 e. The van der Waals surface area contributed by atoms with Crippen molar-refractivity contribution in [3.05, 3.63) is 53.2 Å². The van der Waals surface area contributed by atoms with Gasteiger partial charge in [0.1, 0.15) is 17.0 Å². The van der Waals surface area contributed by atoms with E-state index in [2.05, 4.69) is 58.5 Å². The van der Waals surface area contributed by atoms with Crippen molar-refractivity contribution in [2.75, 3.05) is 11.9 Å². The molecule has 2 aromatic heterocycles. The number of hydrogen-bond acceptors (Lipinski definition) is 4. The highest BCUT2D eigenvalue weighted by Gasteiger charge is 2.12. The molecule has 4 heteroatoms. The molecule has 0 aliphatic carbocycles. The third-order valence-electron chi connectivity index (χ3n) is 3.16. The predicted octanol–water partition coefficient (Wildman–Crippen LogP) is 3.64. The minimum atomic E-state index is 0.849. The van der Waals surface area contributed by atoms with E-state index >= 15 is 0 Å².